The molecule has 0 aliphatic rings. The molecule has 0 aliphatic heterocycles. The van der Waals surface area contributed by atoms with Crippen molar-refractivity contribution in [3.05, 3.63) is 60.4 Å². The number of carboxylic acid groups (broad SMARTS) is 1. The van der Waals surface area contributed by atoms with E-state index in [1.54, 1.807) is 24.3 Å². The first-order chi connectivity index (χ1) is 11.9. The molecule has 3 aromatic rings. The van der Waals surface area contributed by atoms with Crippen molar-refractivity contribution < 1.29 is 23.1 Å². The third-order valence-corrected chi connectivity index (χ3v) is 5.23. The Labute approximate surface area is 143 Å². The van der Waals surface area contributed by atoms with E-state index in [1.807, 2.05) is 0 Å². The van der Waals surface area contributed by atoms with E-state index in [0.29, 0.717) is 16.7 Å². The summed E-state index contributed by atoms with van der Waals surface area (Å²) < 4.78 is 31.7. The second-order valence-corrected chi connectivity index (χ2v) is 6.96. The zero-order valence-electron chi connectivity index (χ0n) is 13.2. The highest BCUT2D eigenvalue weighted by atomic mass is 32.2. The number of rotatable bonds is 5. The molecule has 0 spiro atoms. The molecule has 0 radical (unpaired) electrons. The van der Waals surface area contributed by atoms with Crippen LogP contribution in [0.3, 0.4) is 0 Å². The minimum absolute atomic E-state index is 0.113. The Hall–Kier alpha value is -3.13. The molecule has 25 heavy (non-hydrogen) atoms. The van der Waals surface area contributed by atoms with Gasteiger partial charge in [-0.2, -0.15) is 0 Å². The number of hydrogen-bond acceptors (Lipinski definition) is 5. The standard InChI is InChI=1S/C17H14N2O5S/c1-24-14-3-5-15(6-4-14)25(22,23)19-9-8-13-10-12(2-7-16(20)21)11-18-17(13)19/h2-11H,1H3,(H,20,21). The predicted molar refractivity (Wildman–Crippen MR) is 92.0 cm³/mol. The van der Waals surface area contributed by atoms with Gasteiger partial charge in [-0.05, 0) is 48.0 Å². The van der Waals surface area contributed by atoms with Crippen LogP contribution in [0.2, 0.25) is 0 Å². The second kappa shape index (κ2) is 6.40. The zero-order chi connectivity index (χ0) is 18.0. The van der Waals surface area contributed by atoms with Gasteiger partial charge in [-0.3, -0.25) is 0 Å². The van der Waals surface area contributed by atoms with E-state index in [4.69, 9.17) is 9.84 Å². The second-order valence-electron chi connectivity index (χ2n) is 5.15. The molecular formula is C17H14N2O5S. The number of carboxylic acids is 1. The molecular weight excluding hydrogens is 344 g/mol. The van der Waals surface area contributed by atoms with Crippen LogP contribution in [0.5, 0.6) is 5.75 Å². The third kappa shape index (κ3) is 3.24. The number of pyridine rings is 1. The Morgan fingerprint density at radius 2 is 1.96 bits per heavy atom. The van der Waals surface area contributed by atoms with Crippen molar-refractivity contribution >= 4 is 33.1 Å². The number of ether oxygens (including phenoxy) is 1. The molecule has 7 nitrogen and oxygen atoms in total. The number of carbonyl (C=O) groups is 1. The van der Waals surface area contributed by atoms with E-state index in [0.717, 1.165) is 10.0 Å². The van der Waals surface area contributed by atoms with Crippen molar-refractivity contribution in [3.63, 3.8) is 0 Å². The predicted octanol–water partition coefficient (Wildman–Crippen LogP) is 2.38. The molecule has 2 heterocycles. The van der Waals surface area contributed by atoms with Gasteiger partial charge in [0.2, 0.25) is 0 Å². The highest BCUT2D eigenvalue weighted by molar-refractivity contribution is 7.90. The number of aliphatic carboxylic acids is 1. The van der Waals surface area contributed by atoms with Gasteiger partial charge in [-0.1, -0.05) is 0 Å². The van der Waals surface area contributed by atoms with Crippen LogP contribution in [0, 0.1) is 0 Å². The summed E-state index contributed by atoms with van der Waals surface area (Å²) in [5, 5.41) is 9.25. The van der Waals surface area contributed by atoms with Crippen LogP contribution in [-0.2, 0) is 14.8 Å². The Kier molecular flexibility index (Phi) is 4.28. The first-order valence-corrected chi connectivity index (χ1v) is 8.63. The van der Waals surface area contributed by atoms with Crippen LogP contribution in [0.25, 0.3) is 17.1 Å². The molecule has 0 fully saturated rings. The number of aromatic nitrogens is 2. The van der Waals surface area contributed by atoms with E-state index in [-0.39, 0.29) is 10.5 Å². The molecule has 0 atom stereocenters. The van der Waals surface area contributed by atoms with E-state index in [9.17, 15) is 13.2 Å². The van der Waals surface area contributed by atoms with Crippen LogP contribution in [0.4, 0.5) is 0 Å². The topological polar surface area (TPSA) is 98.5 Å². The van der Waals surface area contributed by atoms with Gasteiger partial charge in [0.1, 0.15) is 5.75 Å². The molecule has 0 bridgehead atoms. The quantitative estimate of drug-likeness (QED) is 0.703. The van der Waals surface area contributed by atoms with Crippen molar-refractivity contribution in [2.45, 2.75) is 4.90 Å². The van der Waals surface area contributed by atoms with Crippen molar-refractivity contribution in [2.75, 3.05) is 7.11 Å². The fourth-order valence-electron chi connectivity index (χ4n) is 2.33. The summed E-state index contributed by atoms with van der Waals surface area (Å²) in [7, 11) is -2.30. The Morgan fingerprint density at radius 3 is 2.60 bits per heavy atom. The highest BCUT2D eigenvalue weighted by Gasteiger charge is 2.19. The van der Waals surface area contributed by atoms with Gasteiger partial charge in [-0.15, -0.1) is 0 Å². The largest absolute Gasteiger partial charge is 0.497 e. The zero-order valence-corrected chi connectivity index (χ0v) is 14.0. The molecule has 3 rings (SSSR count). The van der Waals surface area contributed by atoms with E-state index >= 15 is 0 Å². The lowest BCUT2D eigenvalue weighted by Gasteiger charge is -2.08. The lowest BCUT2D eigenvalue weighted by molar-refractivity contribution is -0.131. The monoisotopic (exact) mass is 358 g/mol. The fraction of sp³-hybridized carbons (Fsp3) is 0.0588. The first kappa shape index (κ1) is 16.7. The summed E-state index contributed by atoms with van der Waals surface area (Å²) in [6.45, 7) is 0. The minimum Gasteiger partial charge on any atom is -0.497 e. The number of nitrogens with zero attached hydrogens (tertiary/aromatic N) is 2. The third-order valence-electron chi connectivity index (χ3n) is 3.55. The van der Waals surface area contributed by atoms with E-state index in [2.05, 4.69) is 4.98 Å². The molecule has 0 saturated carbocycles. The molecule has 128 valence electrons. The number of fused-ring (bicyclic) bond motifs is 1. The van der Waals surface area contributed by atoms with E-state index in [1.165, 1.54) is 37.7 Å². The summed E-state index contributed by atoms with van der Waals surface area (Å²) in [5.41, 5.74) is 0.831. The van der Waals surface area contributed by atoms with Crippen molar-refractivity contribution in [2.24, 2.45) is 0 Å². The average Bonchev–Trinajstić information content (AvgIpc) is 3.04. The Bertz CT molecular complexity index is 1070. The van der Waals surface area contributed by atoms with Crippen molar-refractivity contribution in [1.29, 1.82) is 0 Å². The summed E-state index contributed by atoms with van der Waals surface area (Å²) in [4.78, 5) is 14.8. The molecule has 8 heteroatoms. The molecule has 0 amide bonds. The molecule has 0 unspecified atom stereocenters. The maximum Gasteiger partial charge on any atom is 0.328 e. The van der Waals surface area contributed by atoms with Gasteiger partial charge in [-0.25, -0.2) is 22.2 Å². The smallest absolute Gasteiger partial charge is 0.328 e. The van der Waals surface area contributed by atoms with Crippen LogP contribution < -0.4 is 4.74 Å². The van der Waals surface area contributed by atoms with Crippen molar-refractivity contribution in [3.8, 4) is 5.75 Å². The highest BCUT2D eigenvalue weighted by Crippen LogP contribution is 2.23. The average molecular weight is 358 g/mol. The van der Waals surface area contributed by atoms with Gasteiger partial charge >= 0.3 is 5.97 Å². The van der Waals surface area contributed by atoms with Crippen LogP contribution in [-0.4, -0.2) is 35.6 Å². The van der Waals surface area contributed by atoms with Crippen LogP contribution in [0.15, 0.2) is 59.8 Å². The normalized spacial score (nSPS) is 11.9. The van der Waals surface area contributed by atoms with Gasteiger partial charge in [0.05, 0.1) is 12.0 Å². The van der Waals surface area contributed by atoms with Crippen molar-refractivity contribution in [1.82, 2.24) is 8.96 Å². The first-order valence-electron chi connectivity index (χ1n) is 7.19. The molecule has 1 N–H and O–H groups in total. The number of hydrogen-bond donors (Lipinski definition) is 1. The molecule has 1 aromatic carbocycles. The van der Waals surface area contributed by atoms with E-state index < -0.39 is 16.0 Å². The van der Waals surface area contributed by atoms with Gasteiger partial charge in [0.25, 0.3) is 10.0 Å². The summed E-state index contributed by atoms with van der Waals surface area (Å²) in [6.07, 6.45) is 5.22. The summed E-state index contributed by atoms with van der Waals surface area (Å²) >= 11 is 0. The van der Waals surface area contributed by atoms with Gasteiger partial charge in [0.15, 0.2) is 5.65 Å². The molecule has 0 aliphatic carbocycles. The SMILES string of the molecule is COc1ccc(S(=O)(=O)n2ccc3cc(C=CC(=O)O)cnc32)cc1. The molecule has 0 saturated heterocycles. The number of methoxy groups -OCH3 is 1. The van der Waals surface area contributed by atoms with Crippen LogP contribution in [0.1, 0.15) is 5.56 Å². The number of benzene rings is 1. The lowest BCUT2D eigenvalue weighted by atomic mass is 10.2. The fourth-order valence-corrected chi connectivity index (χ4v) is 3.64. The lowest BCUT2D eigenvalue weighted by Crippen LogP contribution is -2.12. The maximum atomic E-state index is 12.8. The maximum absolute atomic E-state index is 12.8. The Balaban J connectivity index is 2.04. The molecule has 2 aromatic heterocycles. The van der Waals surface area contributed by atoms with Gasteiger partial charge in [0, 0.05) is 23.9 Å². The summed E-state index contributed by atoms with van der Waals surface area (Å²) in [5.74, 6) is -0.510. The minimum atomic E-state index is -3.80. The summed E-state index contributed by atoms with van der Waals surface area (Å²) in [6, 6.07) is 9.35. The van der Waals surface area contributed by atoms with Gasteiger partial charge < -0.3 is 9.84 Å². The van der Waals surface area contributed by atoms with Crippen LogP contribution >= 0.6 is 0 Å². The Morgan fingerprint density at radius 1 is 1.24 bits per heavy atom.